The van der Waals surface area contributed by atoms with Gasteiger partial charge in [-0.3, -0.25) is 10.5 Å². The summed E-state index contributed by atoms with van der Waals surface area (Å²) in [6.45, 7) is 8.69. The summed E-state index contributed by atoms with van der Waals surface area (Å²) in [4.78, 5) is 14.4. The van der Waals surface area contributed by atoms with Crippen molar-refractivity contribution in [3.05, 3.63) is 29.6 Å². The van der Waals surface area contributed by atoms with Crippen LogP contribution in [0.5, 0.6) is 0 Å². The summed E-state index contributed by atoms with van der Waals surface area (Å²) in [5.74, 6) is 2.52. The van der Waals surface area contributed by atoms with Gasteiger partial charge in [0.1, 0.15) is 10.7 Å². The van der Waals surface area contributed by atoms with Crippen LogP contribution in [-0.4, -0.2) is 87.0 Å². The van der Waals surface area contributed by atoms with Gasteiger partial charge >= 0.3 is 0 Å². The first kappa shape index (κ1) is 17.8. The molecule has 0 amide bonds. The van der Waals surface area contributed by atoms with E-state index in [-0.39, 0.29) is 12.1 Å². The van der Waals surface area contributed by atoms with E-state index in [4.69, 9.17) is 19.5 Å². The number of guanidine groups is 1. The second-order valence-corrected chi connectivity index (χ2v) is 8.13. The molecule has 0 radical (unpaired) electrons. The summed E-state index contributed by atoms with van der Waals surface area (Å²) in [6.07, 6.45) is 1.81. The number of morpholine rings is 2. The van der Waals surface area contributed by atoms with Crippen molar-refractivity contribution in [2.45, 2.75) is 25.9 Å². The molecule has 28 heavy (non-hydrogen) atoms. The zero-order valence-corrected chi connectivity index (χ0v) is 16.8. The molecule has 1 aromatic heterocycles. The van der Waals surface area contributed by atoms with Crippen LogP contribution in [0.1, 0.15) is 19.5 Å². The Morgan fingerprint density at radius 1 is 1.04 bits per heavy atom. The molecule has 2 saturated heterocycles. The van der Waals surface area contributed by atoms with Crippen LogP contribution in [0, 0.1) is 0 Å². The Morgan fingerprint density at radius 3 is 2.46 bits per heavy atom. The number of ether oxygens (including phenoxy) is 2. The van der Waals surface area contributed by atoms with Crippen molar-refractivity contribution in [2.24, 2.45) is 9.98 Å². The number of hydrazine groups is 1. The number of hydrogen-bond acceptors (Lipinski definition) is 10. The van der Waals surface area contributed by atoms with Gasteiger partial charge in [0.05, 0.1) is 38.5 Å². The third kappa shape index (κ3) is 3.12. The summed E-state index contributed by atoms with van der Waals surface area (Å²) < 4.78 is 13.2. The molecule has 1 aromatic rings. The Morgan fingerprint density at radius 2 is 1.79 bits per heavy atom. The van der Waals surface area contributed by atoms with Crippen molar-refractivity contribution < 1.29 is 9.47 Å². The van der Waals surface area contributed by atoms with E-state index < -0.39 is 0 Å². The largest absolute Gasteiger partial charge is 0.377 e. The minimum Gasteiger partial charge on any atom is -0.377 e. The molecule has 0 spiro atoms. The van der Waals surface area contributed by atoms with Crippen LogP contribution in [0.4, 0.5) is 0 Å². The van der Waals surface area contributed by atoms with Gasteiger partial charge in [0, 0.05) is 31.2 Å². The van der Waals surface area contributed by atoms with Crippen molar-refractivity contribution in [3.63, 3.8) is 0 Å². The van der Waals surface area contributed by atoms with Crippen molar-refractivity contribution in [2.75, 3.05) is 39.5 Å². The predicted molar refractivity (Wildman–Crippen MR) is 106 cm³/mol. The van der Waals surface area contributed by atoms with E-state index >= 15 is 0 Å². The van der Waals surface area contributed by atoms with E-state index in [1.807, 2.05) is 10.5 Å². The molecule has 2 N–H and O–H groups in total. The van der Waals surface area contributed by atoms with Crippen molar-refractivity contribution >= 4 is 23.0 Å². The molecule has 0 bridgehead atoms. The molecule has 150 valence electrons. The summed E-state index contributed by atoms with van der Waals surface area (Å²) in [6, 6.07) is 2.41. The summed E-state index contributed by atoms with van der Waals surface area (Å²) in [5, 5.41) is 7.98. The Bertz CT molecular complexity index is 823. The number of aromatic nitrogens is 2. The van der Waals surface area contributed by atoms with Crippen LogP contribution in [0.3, 0.4) is 0 Å². The van der Waals surface area contributed by atoms with Crippen molar-refractivity contribution in [1.82, 2.24) is 29.8 Å². The van der Waals surface area contributed by atoms with E-state index in [0.29, 0.717) is 26.4 Å². The molecular weight excluding hydrogens is 380 g/mol. The average Bonchev–Trinajstić information content (AvgIpc) is 3.37. The third-order valence-electron chi connectivity index (χ3n) is 5.19. The summed E-state index contributed by atoms with van der Waals surface area (Å²) in [5.41, 5.74) is 4.26. The van der Waals surface area contributed by atoms with Gasteiger partial charge in [-0.05, 0) is 19.9 Å². The van der Waals surface area contributed by atoms with E-state index in [9.17, 15) is 0 Å². The number of hydrogen-bond donors (Lipinski definition) is 2. The van der Waals surface area contributed by atoms with E-state index in [0.717, 1.165) is 41.4 Å². The van der Waals surface area contributed by atoms with E-state index in [1.165, 1.54) is 11.9 Å². The Labute approximate surface area is 167 Å². The molecule has 2 atom stereocenters. The van der Waals surface area contributed by atoms with Crippen LogP contribution >= 0.6 is 11.9 Å². The summed E-state index contributed by atoms with van der Waals surface area (Å²) in [7, 11) is 0. The molecule has 2 fully saturated rings. The lowest BCUT2D eigenvalue weighted by atomic mass is 10.2. The maximum absolute atomic E-state index is 5.63. The van der Waals surface area contributed by atoms with Crippen LogP contribution in [0.15, 0.2) is 33.9 Å². The Balaban J connectivity index is 1.54. The van der Waals surface area contributed by atoms with E-state index in [2.05, 4.69) is 39.3 Å². The second-order valence-electron chi connectivity index (χ2n) is 7.19. The highest BCUT2D eigenvalue weighted by molar-refractivity contribution is 8.12. The van der Waals surface area contributed by atoms with Gasteiger partial charge in [-0.15, -0.1) is 0 Å². The topological polar surface area (TPSA) is 93.6 Å². The van der Waals surface area contributed by atoms with Gasteiger partial charge < -0.3 is 19.3 Å². The number of fused-ring (bicyclic) bond motifs is 1. The number of nitrogens with zero attached hydrogens (tertiary/aromatic N) is 6. The lowest BCUT2D eigenvalue weighted by molar-refractivity contribution is 0.0131. The molecule has 11 heteroatoms. The first-order valence-corrected chi connectivity index (χ1v) is 10.3. The summed E-state index contributed by atoms with van der Waals surface area (Å²) >= 11 is 1.53. The number of H-pyrrole nitrogens is 1. The molecule has 5 rings (SSSR count). The molecule has 0 aromatic carbocycles. The highest BCUT2D eigenvalue weighted by Crippen LogP contribution is 2.35. The van der Waals surface area contributed by atoms with Crippen molar-refractivity contribution in [3.8, 4) is 0 Å². The maximum atomic E-state index is 5.63. The number of aliphatic imine (C=N–C) groups is 2. The van der Waals surface area contributed by atoms with Gasteiger partial charge in [0.2, 0.25) is 11.8 Å². The fourth-order valence-corrected chi connectivity index (χ4v) is 4.51. The molecule has 10 nitrogen and oxygen atoms in total. The van der Waals surface area contributed by atoms with Gasteiger partial charge in [-0.1, -0.05) is 0 Å². The Kier molecular flexibility index (Phi) is 4.65. The van der Waals surface area contributed by atoms with Gasteiger partial charge in [-0.2, -0.15) is 14.5 Å². The van der Waals surface area contributed by atoms with E-state index in [1.54, 1.807) is 6.20 Å². The standard InChI is InChI=1S/C17H24N8O2S/c1-11-9-26-7-5-23(11)14-15-19-16(13-3-4-18-21-13)28-25(15)22-17(20-14)24-6-8-27-10-12(24)2/h3-4,11-12H,5-10H2,1-2H3,(H,18,21)(H,20,22)/t11?,12-/m0/s1. The molecule has 4 aliphatic rings. The van der Waals surface area contributed by atoms with Gasteiger partial charge in [-0.25, -0.2) is 4.99 Å². The zero-order chi connectivity index (χ0) is 19.1. The lowest BCUT2D eigenvalue weighted by Crippen LogP contribution is -2.56. The molecule has 1 unspecified atom stereocenters. The average molecular weight is 405 g/mol. The van der Waals surface area contributed by atoms with Crippen LogP contribution in [0.2, 0.25) is 0 Å². The highest BCUT2D eigenvalue weighted by atomic mass is 32.2. The maximum Gasteiger partial charge on any atom is 0.221 e. The SMILES string of the molecule is CC1COCCN1C1=C2N=C(c3cc[nH]n3)SN2NC(N2CCOC[C@@H]2C)=N1. The smallest absolute Gasteiger partial charge is 0.221 e. The van der Waals surface area contributed by atoms with Crippen LogP contribution in [0.25, 0.3) is 0 Å². The van der Waals surface area contributed by atoms with Gasteiger partial charge in [0.15, 0.2) is 5.82 Å². The minimum atomic E-state index is 0.234. The first-order valence-electron chi connectivity index (χ1n) is 9.56. The molecular formula is C17H24N8O2S. The predicted octanol–water partition coefficient (Wildman–Crippen LogP) is 0.562. The third-order valence-corrected chi connectivity index (χ3v) is 6.11. The number of rotatable bonds is 2. The monoisotopic (exact) mass is 404 g/mol. The van der Waals surface area contributed by atoms with Crippen molar-refractivity contribution in [1.29, 1.82) is 0 Å². The second kappa shape index (κ2) is 7.30. The quantitative estimate of drug-likeness (QED) is 0.691. The zero-order valence-electron chi connectivity index (χ0n) is 16.0. The highest BCUT2D eigenvalue weighted by Gasteiger charge is 2.37. The minimum absolute atomic E-state index is 0.234. The molecule has 0 aliphatic carbocycles. The Hall–Kier alpha value is -2.24. The van der Waals surface area contributed by atoms with Gasteiger partial charge in [0.25, 0.3) is 0 Å². The fraction of sp³-hybridized carbons (Fsp3) is 0.588. The number of aromatic amines is 1. The molecule has 0 saturated carbocycles. The fourth-order valence-electron chi connectivity index (χ4n) is 3.66. The molecule has 5 heterocycles. The number of nitrogens with one attached hydrogen (secondary N) is 2. The normalized spacial score (nSPS) is 28.1. The lowest BCUT2D eigenvalue weighted by Gasteiger charge is -2.41. The van der Waals surface area contributed by atoms with Crippen LogP contribution in [-0.2, 0) is 9.47 Å². The van der Waals surface area contributed by atoms with Crippen LogP contribution < -0.4 is 5.43 Å². The molecule has 4 aliphatic heterocycles. The first-order chi connectivity index (χ1) is 13.7.